The Kier molecular flexibility index (Phi) is 6.71. The van der Waals surface area contributed by atoms with Crippen molar-refractivity contribution < 1.29 is 10.2 Å². The van der Waals surface area contributed by atoms with Gasteiger partial charge in [0, 0.05) is 21.5 Å². The van der Waals surface area contributed by atoms with Gasteiger partial charge in [-0.2, -0.15) is 20.5 Å². The summed E-state index contributed by atoms with van der Waals surface area (Å²) in [7, 11) is 0. The normalized spacial score (nSPS) is 11.9. The molecule has 0 heterocycles. The molecular formula is C32H22N6O2. The molecule has 6 rings (SSSR count). The zero-order valence-electron chi connectivity index (χ0n) is 21.1. The molecule has 0 aliphatic carbocycles. The summed E-state index contributed by atoms with van der Waals surface area (Å²) < 4.78 is 0. The largest absolute Gasteiger partial charge is 0.507 e. The van der Waals surface area contributed by atoms with Gasteiger partial charge in [0.05, 0.1) is 34.1 Å². The fraction of sp³-hybridized carbons (Fsp3) is 0. The van der Waals surface area contributed by atoms with Crippen molar-refractivity contribution in [1.82, 2.24) is 0 Å². The third-order valence-corrected chi connectivity index (χ3v) is 6.28. The van der Waals surface area contributed by atoms with Crippen molar-refractivity contribution in [1.29, 1.82) is 0 Å². The van der Waals surface area contributed by atoms with Crippen molar-refractivity contribution in [3.63, 3.8) is 0 Å². The van der Waals surface area contributed by atoms with Crippen LogP contribution >= 0.6 is 0 Å². The van der Waals surface area contributed by atoms with Gasteiger partial charge in [-0.05, 0) is 72.8 Å². The summed E-state index contributed by atoms with van der Waals surface area (Å²) in [4.78, 5) is 0. The number of phenols is 2. The van der Waals surface area contributed by atoms with Gasteiger partial charge >= 0.3 is 0 Å². The average molecular weight is 523 g/mol. The molecule has 0 unspecified atom stereocenters. The van der Waals surface area contributed by atoms with Gasteiger partial charge in [-0.3, -0.25) is 0 Å². The van der Waals surface area contributed by atoms with Crippen LogP contribution in [0.1, 0.15) is 0 Å². The summed E-state index contributed by atoms with van der Waals surface area (Å²) in [6, 6.07) is 36.3. The first-order valence-electron chi connectivity index (χ1n) is 12.5. The molecule has 0 amide bonds. The van der Waals surface area contributed by atoms with E-state index in [4.69, 9.17) is 0 Å². The molecule has 0 fully saturated rings. The van der Waals surface area contributed by atoms with E-state index in [0.717, 1.165) is 21.5 Å². The van der Waals surface area contributed by atoms with E-state index >= 15 is 0 Å². The lowest BCUT2D eigenvalue weighted by Crippen LogP contribution is -1.74. The molecule has 0 saturated heterocycles. The Labute approximate surface area is 229 Å². The van der Waals surface area contributed by atoms with E-state index < -0.39 is 0 Å². The minimum atomic E-state index is 0.214. The van der Waals surface area contributed by atoms with Crippen LogP contribution in [0.2, 0.25) is 0 Å². The number of aromatic hydroxyl groups is 2. The molecule has 2 N–H and O–H groups in total. The first-order chi connectivity index (χ1) is 19.6. The number of benzene rings is 6. The lowest BCUT2D eigenvalue weighted by Gasteiger charge is -2.03. The maximum Gasteiger partial charge on any atom is 0.123 e. The quantitative estimate of drug-likeness (QED) is 0.212. The lowest BCUT2D eigenvalue weighted by atomic mass is 10.1. The summed E-state index contributed by atoms with van der Waals surface area (Å²) in [6.45, 7) is 0. The molecule has 0 bridgehead atoms. The summed E-state index contributed by atoms with van der Waals surface area (Å²) in [5.74, 6) is 0.428. The molecular weight excluding hydrogens is 500 g/mol. The number of azo groups is 3. The van der Waals surface area contributed by atoms with E-state index in [-0.39, 0.29) is 11.5 Å². The predicted molar refractivity (Wildman–Crippen MR) is 157 cm³/mol. The van der Waals surface area contributed by atoms with Gasteiger partial charge in [0.1, 0.15) is 11.5 Å². The molecule has 192 valence electrons. The highest BCUT2D eigenvalue weighted by molar-refractivity contribution is 5.97. The summed E-state index contributed by atoms with van der Waals surface area (Å²) in [5.41, 5.74) is 4.06. The van der Waals surface area contributed by atoms with Gasteiger partial charge in [0.15, 0.2) is 0 Å². The van der Waals surface area contributed by atoms with E-state index in [1.165, 1.54) is 0 Å². The van der Waals surface area contributed by atoms with Crippen LogP contribution in [0.4, 0.5) is 34.1 Å². The molecule has 0 aliphatic heterocycles. The minimum absolute atomic E-state index is 0.214. The first kappa shape index (κ1) is 24.6. The number of fused-ring (bicyclic) bond motifs is 2. The van der Waals surface area contributed by atoms with Crippen molar-refractivity contribution >= 4 is 55.7 Å². The van der Waals surface area contributed by atoms with Crippen molar-refractivity contribution in [3.05, 3.63) is 121 Å². The zero-order valence-corrected chi connectivity index (χ0v) is 21.1. The van der Waals surface area contributed by atoms with Crippen molar-refractivity contribution in [2.24, 2.45) is 30.7 Å². The van der Waals surface area contributed by atoms with Crippen LogP contribution in [0.25, 0.3) is 21.5 Å². The Morgan fingerprint density at radius 2 is 0.600 bits per heavy atom. The molecule has 40 heavy (non-hydrogen) atoms. The van der Waals surface area contributed by atoms with E-state index in [1.54, 1.807) is 24.3 Å². The van der Waals surface area contributed by atoms with Crippen LogP contribution in [0, 0.1) is 0 Å². The fourth-order valence-corrected chi connectivity index (χ4v) is 4.22. The zero-order chi connectivity index (χ0) is 27.3. The maximum absolute atomic E-state index is 10.1. The highest BCUT2D eigenvalue weighted by Crippen LogP contribution is 2.35. The van der Waals surface area contributed by atoms with Crippen LogP contribution in [0.3, 0.4) is 0 Å². The number of nitrogens with zero attached hydrogens (tertiary/aromatic N) is 6. The Morgan fingerprint density at radius 3 is 0.950 bits per heavy atom. The highest BCUT2D eigenvalue weighted by Gasteiger charge is 2.05. The van der Waals surface area contributed by atoms with E-state index in [9.17, 15) is 10.2 Å². The highest BCUT2D eigenvalue weighted by atomic mass is 16.3. The molecule has 6 aromatic rings. The Hall–Kier alpha value is -5.76. The molecule has 0 saturated carbocycles. The van der Waals surface area contributed by atoms with Crippen molar-refractivity contribution in [2.45, 2.75) is 0 Å². The Balaban J connectivity index is 1.12. The first-order valence-corrected chi connectivity index (χ1v) is 12.5. The van der Waals surface area contributed by atoms with Crippen LogP contribution in [-0.2, 0) is 0 Å². The number of hydrogen-bond acceptors (Lipinski definition) is 8. The molecule has 8 heteroatoms. The topological polar surface area (TPSA) is 115 Å². The second kappa shape index (κ2) is 10.9. The van der Waals surface area contributed by atoms with Gasteiger partial charge < -0.3 is 10.2 Å². The molecule has 0 aromatic heterocycles. The number of phenolic OH excluding ortho intramolecular Hbond substituents is 2. The molecule has 0 atom stereocenters. The van der Waals surface area contributed by atoms with E-state index in [2.05, 4.69) is 30.7 Å². The van der Waals surface area contributed by atoms with Gasteiger partial charge in [-0.25, -0.2) is 0 Å². The SMILES string of the molecule is Oc1ccc(N=Nc2ccc(N=Nc3ccc(N=Nc4ccc(O)c5ccccc45)cc3)cc2)c2ccccc12. The Morgan fingerprint density at radius 1 is 0.300 bits per heavy atom. The Bertz CT molecular complexity index is 1770. The van der Waals surface area contributed by atoms with Crippen LogP contribution in [-0.4, -0.2) is 10.2 Å². The standard InChI is InChI=1S/C32H22N6O2/c39-31-19-17-29(25-5-1-3-7-27(25)31)37-35-23-13-9-21(10-14-23)33-34-22-11-15-24(16-12-22)36-38-30-18-20-32(40)28-8-4-2-6-26(28)30/h1-20,39-40H. The molecule has 0 aliphatic rings. The van der Waals surface area contributed by atoms with Gasteiger partial charge in [-0.15, -0.1) is 10.2 Å². The van der Waals surface area contributed by atoms with Gasteiger partial charge in [0.25, 0.3) is 0 Å². The smallest absolute Gasteiger partial charge is 0.123 e. The van der Waals surface area contributed by atoms with Crippen LogP contribution in [0.15, 0.2) is 152 Å². The summed E-state index contributed by atoms with van der Waals surface area (Å²) in [6.07, 6.45) is 0. The summed E-state index contributed by atoms with van der Waals surface area (Å²) in [5, 5.41) is 49.2. The van der Waals surface area contributed by atoms with Crippen molar-refractivity contribution in [3.8, 4) is 11.5 Å². The number of rotatable bonds is 6. The second-order valence-corrected chi connectivity index (χ2v) is 8.93. The van der Waals surface area contributed by atoms with Gasteiger partial charge in [0.2, 0.25) is 0 Å². The predicted octanol–water partition coefficient (Wildman–Crippen LogP) is 10.7. The van der Waals surface area contributed by atoms with E-state index in [1.807, 2.05) is 97.1 Å². The monoisotopic (exact) mass is 522 g/mol. The second-order valence-electron chi connectivity index (χ2n) is 8.93. The molecule has 6 aromatic carbocycles. The summed E-state index contributed by atoms with van der Waals surface area (Å²) >= 11 is 0. The molecule has 0 spiro atoms. The van der Waals surface area contributed by atoms with E-state index in [0.29, 0.717) is 34.1 Å². The minimum Gasteiger partial charge on any atom is -0.507 e. The van der Waals surface area contributed by atoms with Crippen LogP contribution in [0.5, 0.6) is 11.5 Å². The third-order valence-electron chi connectivity index (χ3n) is 6.28. The van der Waals surface area contributed by atoms with Gasteiger partial charge in [-0.1, -0.05) is 48.5 Å². The third kappa shape index (κ3) is 5.27. The molecule has 0 radical (unpaired) electrons. The fourth-order valence-electron chi connectivity index (χ4n) is 4.22. The van der Waals surface area contributed by atoms with Crippen molar-refractivity contribution in [2.75, 3.05) is 0 Å². The lowest BCUT2D eigenvalue weighted by molar-refractivity contribution is 0.481. The maximum atomic E-state index is 10.1. The average Bonchev–Trinajstić information content (AvgIpc) is 3.01. The number of hydrogen-bond donors (Lipinski definition) is 2. The van der Waals surface area contributed by atoms with Crippen LogP contribution < -0.4 is 0 Å². The molecule has 8 nitrogen and oxygen atoms in total.